The molecule has 0 amide bonds. The first-order chi connectivity index (χ1) is 10.8. The van der Waals surface area contributed by atoms with Crippen molar-refractivity contribution in [2.75, 3.05) is 5.88 Å². The van der Waals surface area contributed by atoms with E-state index in [-0.39, 0.29) is 7.29 Å². The van der Waals surface area contributed by atoms with Crippen LogP contribution in [0.25, 0.3) is 0 Å². The quantitative estimate of drug-likeness (QED) is 0.139. The second-order valence-electron chi connectivity index (χ2n) is 6.06. The Kier molecular flexibility index (Phi) is 31.5. The minimum atomic E-state index is 0.0278. The third-order valence-electron chi connectivity index (χ3n) is 3.99. The summed E-state index contributed by atoms with van der Waals surface area (Å²) >= 11 is 15.2. The summed E-state index contributed by atoms with van der Waals surface area (Å²) in [7, 11) is 0.0278. The number of halogens is 3. The Labute approximate surface area is 156 Å². The van der Waals surface area contributed by atoms with Crippen molar-refractivity contribution >= 4 is 41.4 Å². The zero-order chi connectivity index (χ0) is 16.7. The molecule has 0 heterocycles. The molecule has 136 valence electrons. The summed E-state index contributed by atoms with van der Waals surface area (Å²) in [4.78, 5) is 0. The Morgan fingerprint density at radius 1 is 0.500 bits per heavy atom. The molecule has 0 N–H and O–H groups in total. The van der Waals surface area contributed by atoms with E-state index in [4.69, 9.17) is 34.1 Å². The molecular weight excluding hydrogens is 354 g/mol. The van der Waals surface area contributed by atoms with Gasteiger partial charge in [0.2, 0.25) is 0 Å². The molecule has 0 saturated heterocycles. The van der Waals surface area contributed by atoms with E-state index in [0.29, 0.717) is 0 Å². The molecule has 0 aromatic rings. The Morgan fingerprint density at radius 3 is 0.955 bits per heavy atom. The molecule has 0 aromatic heterocycles. The largest absolute Gasteiger partial charge is 0.127 e. The molecule has 0 saturated carbocycles. The highest BCUT2D eigenvalue weighted by Crippen LogP contribution is 2.19. The average Bonchev–Trinajstić information content (AvgIpc) is 2.52. The lowest BCUT2D eigenvalue weighted by molar-refractivity contribution is 0.531. The Balaban J connectivity index is 0. The molecule has 0 unspecified atom stereocenters. The number of alkyl halides is 1. The summed E-state index contributed by atoms with van der Waals surface area (Å²) in [5, 5.41) is 0. The van der Waals surface area contributed by atoms with Gasteiger partial charge in [0.15, 0.2) is 0 Å². The van der Waals surface area contributed by atoms with E-state index in [1.54, 1.807) is 0 Å². The molecular formula is C18H38Cl3P. The normalized spacial score (nSPS) is 10.4. The van der Waals surface area contributed by atoms with Gasteiger partial charge >= 0.3 is 0 Å². The predicted octanol–water partition coefficient (Wildman–Crippen LogP) is 9.46. The summed E-state index contributed by atoms with van der Waals surface area (Å²) in [5.74, 6) is 0.846. The first kappa shape index (κ1) is 25.5. The minimum absolute atomic E-state index is 0.0278. The van der Waals surface area contributed by atoms with Gasteiger partial charge in [-0.15, -0.1) is 11.6 Å². The maximum absolute atomic E-state index is 5.66. The van der Waals surface area contributed by atoms with Crippen LogP contribution in [0.2, 0.25) is 0 Å². The zero-order valence-electron chi connectivity index (χ0n) is 14.7. The van der Waals surface area contributed by atoms with E-state index in [0.717, 1.165) is 5.88 Å². The number of hydrogen-bond donors (Lipinski definition) is 0. The van der Waals surface area contributed by atoms with Crippen LogP contribution < -0.4 is 0 Å². The van der Waals surface area contributed by atoms with Gasteiger partial charge in [-0.2, -0.15) is 0 Å². The maximum Gasteiger partial charge on any atom is 0.0713 e. The molecule has 0 fully saturated rings. The van der Waals surface area contributed by atoms with Gasteiger partial charge in [-0.25, -0.2) is 0 Å². The van der Waals surface area contributed by atoms with Crippen LogP contribution in [-0.2, 0) is 0 Å². The van der Waals surface area contributed by atoms with Gasteiger partial charge in [0, 0.05) is 5.88 Å². The third-order valence-corrected chi connectivity index (χ3v) is 4.25. The Bertz CT molecular complexity index is 152. The molecule has 0 nitrogen and oxygen atoms in total. The molecule has 0 rings (SSSR count). The highest BCUT2D eigenvalue weighted by Gasteiger charge is 1.94. The van der Waals surface area contributed by atoms with Gasteiger partial charge in [0.25, 0.3) is 0 Å². The fourth-order valence-corrected chi connectivity index (χ4v) is 2.83. The van der Waals surface area contributed by atoms with Crippen molar-refractivity contribution in [2.24, 2.45) is 0 Å². The molecule has 0 aromatic carbocycles. The molecule has 0 atom stereocenters. The van der Waals surface area contributed by atoms with Crippen LogP contribution in [0.4, 0.5) is 0 Å². The van der Waals surface area contributed by atoms with Crippen LogP contribution in [0.5, 0.6) is 0 Å². The lowest BCUT2D eigenvalue weighted by atomic mass is 10.0. The molecule has 0 radical (unpaired) electrons. The Morgan fingerprint density at radius 2 is 0.727 bits per heavy atom. The highest BCUT2D eigenvalue weighted by molar-refractivity contribution is 7.90. The Hall–Kier alpha value is 1.30. The van der Waals surface area contributed by atoms with Crippen LogP contribution in [0.1, 0.15) is 110 Å². The summed E-state index contributed by atoms with van der Waals surface area (Å²) in [6, 6.07) is 0. The predicted molar refractivity (Wildman–Crippen MR) is 110 cm³/mol. The van der Waals surface area contributed by atoms with Crippen molar-refractivity contribution in [3.05, 3.63) is 0 Å². The average molecular weight is 392 g/mol. The highest BCUT2D eigenvalue weighted by atomic mass is 35.9. The van der Waals surface area contributed by atoms with Crippen molar-refractivity contribution in [1.29, 1.82) is 0 Å². The second kappa shape index (κ2) is 27.2. The molecule has 0 aliphatic carbocycles. The SMILES string of the molecule is CCCCCCCCCCCCCCCCCCCl.ClPCl. The number of unbranched alkanes of at least 4 members (excludes halogenated alkanes) is 15. The molecule has 0 aliphatic rings. The van der Waals surface area contributed by atoms with Gasteiger partial charge in [0.05, 0.1) is 7.29 Å². The second-order valence-corrected chi connectivity index (χ2v) is 8.30. The lowest BCUT2D eigenvalue weighted by Gasteiger charge is -2.03. The van der Waals surface area contributed by atoms with Gasteiger partial charge in [-0.3, -0.25) is 0 Å². The summed E-state index contributed by atoms with van der Waals surface area (Å²) in [5.41, 5.74) is 0. The van der Waals surface area contributed by atoms with E-state index < -0.39 is 0 Å². The van der Waals surface area contributed by atoms with E-state index in [1.807, 2.05) is 0 Å². The first-order valence-electron chi connectivity index (χ1n) is 9.35. The summed E-state index contributed by atoms with van der Waals surface area (Å²) in [6.45, 7) is 2.29. The first-order valence-corrected chi connectivity index (χ1v) is 12.9. The van der Waals surface area contributed by atoms with E-state index in [9.17, 15) is 0 Å². The number of hydrogen-bond acceptors (Lipinski definition) is 0. The van der Waals surface area contributed by atoms with Gasteiger partial charge in [-0.05, 0) is 6.42 Å². The maximum atomic E-state index is 5.66. The van der Waals surface area contributed by atoms with Crippen LogP contribution in [0.15, 0.2) is 0 Å². The van der Waals surface area contributed by atoms with Crippen molar-refractivity contribution in [3.8, 4) is 0 Å². The smallest absolute Gasteiger partial charge is 0.0713 e. The van der Waals surface area contributed by atoms with Crippen molar-refractivity contribution in [2.45, 2.75) is 110 Å². The van der Waals surface area contributed by atoms with Crippen LogP contribution in [0, 0.1) is 0 Å². The van der Waals surface area contributed by atoms with E-state index in [2.05, 4.69) is 6.92 Å². The van der Waals surface area contributed by atoms with Crippen molar-refractivity contribution < 1.29 is 0 Å². The summed E-state index contributed by atoms with van der Waals surface area (Å²) in [6.07, 6.45) is 22.8. The molecule has 0 bridgehead atoms. The molecule has 0 aliphatic heterocycles. The third kappa shape index (κ3) is 29.3. The molecule has 0 spiro atoms. The lowest BCUT2D eigenvalue weighted by Crippen LogP contribution is -1.83. The summed E-state index contributed by atoms with van der Waals surface area (Å²) < 4.78 is 0. The monoisotopic (exact) mass is 390 g/mol. The topological polar surface area (TPSA) is 0 Å². The van der Waals surface area contributed by atoms with Gasteiger partial charge < -0.3 is 0 Å². The van der Waals surface area contributed by atoms with E-state index in [1.165, 1.54) is 103 Å². The number of rotatable bonds is 16. The standard InChI is InChI=1S/C18H37Cl.Cl2HP/c1-2-3-4-5-6-7-8-9-10-11-12-13-14-15-16-17-18-19;1-3-2/h2-18H2,1H3;3H. The fourth-order valence-electron chi connectivity index (χ4n) is 2.64. The zero-order valence-corrected chi connectivity index (χ0v) is 17.9. The van der Waals surface area contributed by atoms with Crippen LogP contribution in [-0.4, -0.2) is 5.88 Å². The fraction of sp³-hybridized carbons (Fsp3) is 1.00. The minimum Gasteiger partial charge on any atom is -0.127 e. The van der Waals surface area contributed by atoms with Crippen LogP contribution >= 0.6 is 41.4 Å². The molecule has 22 heavy (non-hydrogen) atoms. The van der Waals surface area contributed by atoms with Gasteiger partial charge in [-0.1, -0.05) is 126 Å². The van der Waals surface area contributed by atoms with Crippen molar-refractivity contribution in [1.82, 2.24) is 0 Å². The van der Waals surface area contributed by atoms with Crippen LogP contribution in [0.3, 0.4) is 0 Å². The molecule has 4 heteroatoms. The van der Waals surface area contributed by atoms with Gasteiger partial charge in [0.1, 0.15) is 0 Å². The van der Waals surface area contributed by atoms with E-state index >= 15 is 0 Å². The van der Waals surface area contributed by atoms with Crippen molar-refractivity contribution in [3.63, 3.8) is 0 Å².